The summed E-state index contributed by atoms with van der Waals surface area (Å²) in [5.41, 5.74) is 4.44. The van der Waals surface area contributed by atoms with Crippen molar-refractivity contribution in [1.29, 1.82) is 0 Å². The highest BCUT2D eigenvalue weighted by molar-refractivity contribution is 5.84. The standard InChI is InChI=1S/C22H24N4O3/c27-20(7-1-2-8-21(28)29)25-12-9-17-18-6-4-11-24-22(18)26(19(17)15-25)14-16-5-3-10-23-13-16/h3-6,10-11,13H,1-2,7-9,12,14-15H2,(H,28,29). The van der Waals surface area contributed by atoms with Crippen molar-refractivity contribution in [3.05, 3.63) is 59.7 Å². The fraction of sp³-hybridized carbons (Fsp3) is 0.364. The van der Waals surface area contributed by atoms with Crippen LogP contribution in [0.25, 0.3) is 11.0 Å². The molecule has 4 rings (SSSR count). The SMILES string of the molecule is O=C(O)CCCCC(=O)N1CCc2c(n(Cc3cccnc3)c3ncccc23)C1. The second-order valence-corrected chi connectivity index (χ2v) is 7.41. The molecule has 0 unspecified atom stereocenters. The lowest BCUT2D eigenvalue weighted by atomic mass is 10.0. The Morgan fingerprint density at radius 1 is 1.10 bits per heavy atom. The van der Waals surface area contributed by atoms with E-state index in [4.69, 9.17) is 5.11 Å². The van der Waals surface area contributed by atoms with Gasteiger partial charge in [-0.25, -0.2) is 4.98 Å². The maximum atomic E-state index is 12.7. The topological polar surface area (TPSA) is 88.3 Å². The molecule has 0 bridgehead atoms. The van der Waals surface area contributed by atoms with Crippen molar-refractivity contribution >= 4 is 22.9 Å². The molecule has 0 aliphatic carbocycles. The number of pyridine rings is 2. The molecule has 29 heavy (non-hydrogen) atoms. The Balaban J connectivity index is 1.56. The Morgan fingerprint density at radius 2 is 1.93 bits per heavy atom. The van der Waals surface area contributed by atoms with E-state index in [1.165, 1.54) is 5.56 Å². The second kappa shape index (κ2) is 8.43. The molecule has 0 fully saturated rings. The van der Waals surface area contributed by atoms with Gasteiger partial charge in [0.25, 0.3) is 0 Å². The lowest BCUT2D eigenvalue weighted by Gasteiger charge is -2.28. The third-order valence-electron chi connectivity index (χ3n) is 5.46. The fourth-order valence-electron chi connectivity index (χ4n) is 4.03. The van der Waals surface area contributed by atoms with Gasteiger partial charge in [0.1, 0.15) is 5.65 Å². The lowest BCUT2D eigenvalue weighted by Crippen LogP contribution is -2.36. The maximum Gasteiger partial charge on any atom is 0.303 e. The van der Waals surface area contributed by atoms with Crippen LogP contribution in [0.5, 0.6) is 0 Å². The zero-order chi connectivity index (χ0) is 20.2. The van der Waals surface area contributed by atoms with Gasteiger partial charge < -0.3 is 14.6 Å². The first kappa shape index (κ1) is 19.1. The minimum atomic E-state index is -0.813. The van der Waals surface area contributed by atoms with Crippen LogP contribution in [0.1, 0.15) is 42.5 Å². The molecule has 4 heterocycles. The predicted octanol–water partition coefficient (Wildman–Crippen LogP) is 3.01. The van der Waals surface area contributed by atoms with Crippen LogP contribution in [0, 0.1) is 0 Å². The highest BCUT2D eigenvalue weighted by Crippen LogP contribution is 2.30. The molecule has 1 N–H and O–H groups in total. The van der Waals surface area contributed by atoms with Crippen LogP contribution in [-0.4, -0.2) is 43.0 Å². The Morgan fingerprint density at radius 3 is 2.72 bits per heavy atom. The minimum Gasteiger partial charge on any atom is -0.481 e. The van der Waals surface area contributed by atoms with Crippen molar-refractivity contribution in [2.24, 2.45) is 0 Å². The van der Waals surface area contributed by atoms with Crippen LogP contribution in [0.4, 0.5) is 0 Å². The summed E-state index contributed by atoms with van der Waals surface area (Å²) in [6.45, 7) is 1.91. The van der Waals surface area contributed by atoms with E-state index in [9.17, 15) is 9.59 Å². The molecule has 0 atom stereocenters. The zero-order valence-corrected chi connectivity index (χ0v) is 16.3. The smallest absolute Gasteiger partial charge is 0.303 e. The van der Waals surface area contributed by atoms with Crippen molar-refractivity contribution in [1.82, 2.24) is 19.4 Å². The van der Waals surface area contributed by atoms with Gasteiger partial charge in [0.05, 0.1) is 13.1 Å². The number of fused-ring (bicyclic) bond motifs is 3. The van der Waals surface area contributed by atoms with Crippen LogP contribution in [0.15, 0.2) is 42.9 Å². The summed E-state index contributed by atoms with van der Waals surface area (Å²) < 4.78 is 2.20. The van der Waals surface area contributed by atoms with Gasteiger partial charge in [-0.15, -0.1) is 0 Å². The first-order valence-corrected chi connectivity index (χ1v) is 9.97. The minimum absolute atomic E-state index is 0.0900. The number of hydrogen-bond acceptors (Lipinski definition) is 4. The van der Waals surface area contributed by atoms with Crippen LogP contribution in [0.3, 0.4) is 0 Å². The molecule has 0 radical (unpaired) electrons. The van der Waals surface area contributed by atoms with Gasteiger partial charge in [0.15, 0.2) is 0 Å². The Hall–Kier alpha value is -3.22. The Labute approximate surface area is 169 Å². The molecule has 150 valence electrons. The van der Waals surface area contributed by atoms with Crippen LogP contribution >= 0.6 is 0 Å². The number of carboxylic acid groups (broad SMARTS) is 1. The molecule has 1 aliphatic rings. The van der Waals surface area contributed by atoms with E-state index in [1.54, 1.807) is 12.4 Å². The third kappa shape index (κ3) is 4.13. The summed E-state index contributed by atoms with van der Waals surface area (Å²) >= 11 is 0. The molecule has 1 amide bonds. The van der Waals surface area contributed by atoms with Crippen molar-refractivity contribution < 1.29 is 14.7 Å². The first-order chi connectivity index (χ1) is 14.1. The van der Waals surface area contributed by atoms with E-state index >= 15 is 0 Å². The van der Waals surface area contributed by atoms with E-state index in [1.807, 2.05) is 29.3 Å². The van der Waals surface area contributed by atoms with Gasteiger partial charge in [-0.1, -0.05) is 6.07 Å². The number of amides is 1. The number of rotatable bonds is 7. The monoisotopic (exact) mass is 392 g/mol. The molecule has 0 saturated carbocycles. The van der Waals surface area contributed by atoms with Gasteiger partial charge in [-0.05, 0) is 48.6 Å². The number of carbonyl (C=O) groups is 2. The first-order valence-electron chi connectivity index (χ1n) is 9.97. The van der Waals surface area contributed by atoms with E-state index in [0.717, 1.165) is 28.7 Å². The maximum absolute atomic E-state index is 12.7. The largest absolute Gasteiger partial charge is 0.481 e. The molecule has 0 saturated heterocycles. The number of unbranched alkanes of at least 4 members (excludes halogenated alkanes) is 1. The highest BCUT2D eigenvalue weighted by atomic mass is 16.4. The van der Waals surface area contributed by atoms with Gasteiger partial charge in [-0.3, -0.25) is 14.6 Å². The number of hydrogen-bond donors (Lipinski definition) is 1. The van der Waals surface area contributed by atoms with Gasteiger partial charge in [0.2, 0.25) is 5.91 Å². The van der Waals surface area contributed by atoms with Crippen molar-refractivity contribution in [3.63, 3.8) is 0 Å². The zero-order valence-electron chi connectivity index (χ0n) is 16.3. The summed E-state index contributed by atoms with van der Waals surface area (Å²) in [7, 11) is 0. The fourth-order valence-corrected chi connectivity index (χ4v) is 4.03. The van der Waals surface area contributed by atoms with Crippen molar-refractivity contribution in [2.75, 3.05) is 6.54 Å². The van der Waals surface area contributed by atoms with E-state index < -0.39 is 5.97 Å². The molecule has 3 aromatic rings. The van der Waals surface area contributed by atoms with Crippen LogP contribution in [0.2, 0.25) is 0 Å². The summed E-state index contributed by atoms with van der Waals surface area (Å²) in [6, 6.07) is 8.03. The third-order valence-corrected chi connectivity index (χ3v) is 5.46. The quantitative estimate of drug-likeness (QED) is 0.625. The normalized spacial score (nSPS) is 13.4. The predicted molar refractivity (Wildman–Crippen MR) is 108 cm³/mol. The molecule has 0 aromatic carbocycles. The average Bonchev–Trinajstić information content (AvgIpc) is 3.05. The van der Waals surface area contributed by atoms with E-state index in [2.05, 4.69) is 20.6 Å². The summed E-state index contributed by atoms with van der Waals surface area (Å²) in [5, 5.41) is 9.90. The molecule has 7 heteroatoms. The Kier molecular flexibility index (Phi) is 5.55. The second-order valence-electron chi connectivity index (χ2n) is 7.41. The van der Waals surface area contributed by atoms with Crippen molar-refractivity contribution in [3.8, 4) is 0 Å². The van der Waals surface area contributed by atoms with Crippen LogP contribution in [-0.2, 0) is 29.1 Å². The van der Waals surface area contributed by atoms with Gasteiger partial charge in [-0.2, -0.15) is 0 Å². The molecule has 0 spiro atoms. The van der Waals surface area contributed by atoms with Gasteiger partial charge >= 0.3 is 5.97 Å². The van der Waals surface area contributed by atoms with Crippen LogP contribution < -0.4 is 0 Å². The molecule has 3 aromatic heterocycles. The molecule has 7 nitrogen and oxygen atoms in total. The lowest BCUT2D eigenvalue weighted by molar-refractivity contribution is -0.137. The Bertz CT molecular complexity index is 1030. The number of aromatic nitrogens is 3. The summed E-state index contributed by atoms with van der Waals surface area (Å²) in [6.07, 6.45) is 7.87. The van der Waals surface area contributed by atoms with E-state index in [0.29, 0.717) is 38.9 Å². The van der Waals surface area contributed by atoms with E-state index in [-0.39, 0.29) is 12.3 Å². The highest BCUT2D eigenvalue weighted by Gasteiger charge is 2.26. The van der Waals surface area contributed by atoms with Gasteiger partial charge in [0, 0.05) is 49.1 Å². The number of carboxylic acids is 1. The molecule has 1 aliphatic heterocycles. The summed E-state index contributed by atoms with van der Waals surface area (Å²) in [5.74, 6) is -0.723. The molecular formula is C22H24N4O3. The molecular weight excluding hydrogens is 368 g/mol. The number of carbonyl (C=O) groups excluding carboxylic acids is 1. The average molecular weight is 392 g/mol. The summed E-state index contributed by atoms with van der Waals surface area (Å²) in [4.78, 5) is 34.0. The number of nitrogens with zero attached hydrogens (tertiary/aromatic N) is 4. The van der Waals surface area contributed by atoms with Crippen molar-refractivity contribution in [2.45, 2.75) is 45.2 Å². The number of aliphatic carboxylic acids is 1.